The quantitative estimate of drug-likeness (QED) is 0.473. The summed E-state index contributed by atoms with van der Waals surface area (Å²) in [5, 5.41) is 33.8. The Bertz CT molecular complexity index is 297. The van der Waals surface area contributed by atoms with E-state index in [1.807, 2.05) is 0 Å². The lowest BCUT2D eigenvalue weighted by Crippen LogP contribution is -2.42. The van der Waals surface area contributed by atoms with Crippen LogP contribution in [0, 0.1) is 0 Å². The number of rotatable bonds is 5. The smallest absolute Gasteiger partial charge is 0.336 e. The van der Waals surface area contributed by atoms with Gasteiger partial charge in [0.25, 0.3) is 0 Å². The molecule has 106 valence electrons. The van der Waals surface area contributed by atoms with E-state index in [4.69, 9.17) is 20.4 Å². The van der Waals surface area contributed by atoms with Gasteiger partial charge in [-0.05, 0) is 0 Å². The molecule has 0 spiro atoms. The van der Waals surface area contributed by atoms with Gasteiger partial charge >= 0.3 is 17.9 Å². The van der Waals surface area contributed by atoms with Gasteiger partial charge in [0.1, 0.15) is 0 Å². The Kier molecular flexibility index (Phi) is 7.18. The summed E-state index contributed by atoms with van der Waals surface area (Å²) in [5.74, 6) is -5.02. The normalized spacial score (nSPS) is 11.2. The van der Waals surface area contributed by atoms with Gasteiger partial charge in [-0.25, -0.2) is 4.79 Å². The predicted octanol–water partition coefficient (Wildman–Crippen LogP) is -0.926. The van der Waals surface area contributed by atoms with Crippen molar-refractivity contribution in [3.63, 3.8) is 0 Å². The highest BCUT2D eigenvalue weighted by molar-refractivity contribution is 5.88. The first-order valence-electron chi connectivity index (χ1n) is 4.96. The van der Waals surface area contributed by atoms with Gasteiger partial charge in [0.05, 0.1) is 41.0 Å². The van der Waals surface area contributed by atoms with E-state index in [0.717, 1.165) is 4.48 Å². The summed E-state index contributed by atoms with van der Waals surface area (Å²) < 4.78 is 1.00. The van der Waals surface area contributed by atoms with Crippen LogP contribution in [-0.4, -0.2) is 76.6 Å². The highest BCUT2D eigenvalue weighted by atomic mass is 16.4. The van der Waals surface area contributed by atoms with Crippen molar-refractivity contribution in [2.75, 3.05) is 28.2 Å². The molecule has 4 N–H and O–H groups in total. The minimum atomic E-state index is -2.74. The van der Waals surface area contributed by atoms with Gasteiger partial charge in [-0.1, -0.05) is 0 Å². The van der Waals surface area contributed by atoms with Crippen molar-refractivity contribution >= 4 is 17.9 Å². The minimum absolute atomic E-state index is 1.00. The minimum Gasteiger partial charge on any atom is -0.481 e. The van der Waals surface area contributed by atoms with Gasteiger partial charge < -0.3 is 24.9 Å². The molecule has 0 aromatic carbocycles. The number of aliphatic carboxylic acids is 3. The lowest BCUT2D eigenvalue weighted by molar-refractivity contribution is -0.849. The van der Waals surface area contributed by atoms with E-state index in [1.165, 1.54) is 0 Å². The standard InChI is InChI=1S/C6H8O7.C4H12N/c7-3(8)1-6(13,5(11)12)2-4(9)10;1-5(2,3)4/h13H,1-2H2,(H,7,8)(H,9,10)(H,11,12);1-4H3/q;+1. The summed E-state index contributed by atoms with van der Waals surface area (Å²) in [6.07, 6.45) is -2.29. The molecule has 0 rings (SSSR count). The average molecular weight is 266 g/mol. The van der Waals surface area contributed by atoms with Crippen molar-refractivity contribution in [2.24, 2.45) is 0 Å². The largest absolute Gasteiger partial charge is 0.481 e. The van der Waals surface area contributed by atoms with Gasteiger partial charge in [0.15, 0.2) is 5.60 Å². The first-order chi connectivity index (χ1) is 7.78. The molecular formula is C10H20NO7+. The fourth-order valence-electron chi connectivity index (χ4n) is 0.714. The molecule has 18 heavy (non-hydrogen) atoms. The molecule has 0 aromatic heterocycles. The molecule has 0 amide bonds. The lowest BCUT2D eigenvalue weighted by Gasteiger charge is -2.18. The number of quaternary nitrogens is 1. The molecule has 0 aromatic rings. The third-order valence-corrected chi connectivity index (χ3v) is 1.29. The van der Waals surface area contributed by atoms with Gasteiger partial charge in [0, 0.05) is 0 Å². The van der Waals surface area contributed by atoms with Crippen molar-refractivity contribution < 1.29 is 39.3 Å². The highest BCUT2D eigenvalue weighted by Gasteiger charge is 2.40. The molecule has 8 heteroatoms. The number of hydrogen-bond acceptors (Lipinski definition) is 4. The predicted molar refractivity (Wildman–Crippen MR) is 61.0 cm³/mol. The SMILES string of the molecule is C[N+](C)(C)C.O=C(O)CC(O)(CC(=O)O)C(=O)O. The Balaban J connectivity index is 0. The monoisotopic (exact) mass is 266 g/mol. The molecular weight excluding hydrogens is 246 g/mol. The summed E-state index contributed by atoms with van der Waals surface area (Å²) in [7, 11) is 8.50. The van der Waals surface area contributed by atoms with Crippen molar-refractivity contribution in [1.82, 2.24) is 0 Å². The van der Waals surface area contributed by atoms with Crippen LogP contribution in [0.3, 0.4) is 0 Å². The van der Waals surface area contributed by atoms with Gasteiger partial charge in [0.2, 0.25) is 0 Å². The molecule has 8 nitrogen and oxygen atoms in total. The Morgan fingerprint density at radius 3 is 1.22 bits per heavy atom. The van der Waals surface area contributed by atoms with Gasteiger partial charge in [-0.2, -0.15) is 0 Å². The maximum atomic E-state index is 10.3. The number of hydrogen-bond donors (Lipinski definition) is 4. The van der Waals surface area contributed by atoms with Crippen LogP contribution >= 0.6 is 0 Å². The third-order valence-electron chi connectivity index (χ3n) is 1.29. The first-order valence-corrected chi connectivity index (χ1v) is 4.96. The van der Waals surface area contributed by atoms with Crippen LogP contribution in [0.15, 0.2) is 0 Å². The lowest BCUT2D eigenvalue weighted by atomic mass is 9.96. The Morgan fingerprint density at radius 1 is 0.889 bits per heavy atom. The van der Waals surface area contributed by atoms with Crippen LogP contribution in [-0.2, 0) is 14.4 Å². The Hall–Kier alpha value is -1.67. The summed E-state index contributed by atoms with van der Waals surface area (Å²) in [5.41, 5.74) is -2.74. The highest BCUT2D eigenvalue weighted by Crippen LogP contribution is 2.15. The summed E-state index contributed by atoms with van der Waals surface area (Å²) in [6, 6.07) is 0. The van der Waals surface area contributed by atoms with Crippen LogP contribution in [0.1, 0.15) is 12.8 Å². The number of carboxylic acids is 3. The molecule has 0 bridgehead atoms. The summed E-state index contributed by atoms with van der Waals surface area (Å²) >= 11 is 0. The Labute approximate surface area is 105 Å². The van der Waals surface area contributed by atoms with Crippen LogP contribution < -0.4 is 0 Å². The topological polar surface area (TPSA) is 132 Å². The molecule has 0 aliphatic carbocycles. The van der Waals surface area contributed by atoms with Crippen molar-refractivity contribution in [1.29, 1.82) is 0 Å². The average Bonchev–Trinajstić information content (AvgIpc) is 1.95. The number of carbonyl (C=O) groups is 3. The van der Waals surface area contributed by atoms with E-state index >= 15 is 0 Å². The summed E-state index contributed by atoms with van der Waals surface area (Å²) in [4.78, 5) is 30.5. The second kappa shape index (κ2) is 6.92. The van der Waals surface area contributed by atoms with E-state index < -0.39 is 36.4 Å². The van der Waals surface area contributed by atoms with Gasteiger partial charge in [-0.3, -0.25) is 9.59 Å². The number of carboxylic acid groups (broad SMARTS) is 3. The molecule has 0 aliphatic rings. The Morgan fingerprint density at radius 2 is 1.11 bits per heavy atom. The molecule has 0 aliphatic heterocycles. The van der Waals surface area contributed by atoms with Crippen LogP contribution in [0.5, 0.6) is 0 Å². The van der Waals surface area contributed by atoms with E-state index in [1.54, 1.807) is 0 Å². The maximum absolute atomic E-state index is 10.3. The molecule has 0 fully saturated rings. The molecule has 0 saturated carbocycles. The van der Waals surface area contributed by atoms with E-state index in [0.29, 0.717) is 0 Å². The zero-order chi connectivity index (χ0) is 15.1. The van der Waals surface area contributed by atoms with E-state index in [9.17, 15) is 14.4 Å². The molecule has 0 atom stereocenters. The fourth-order valence-corrected chi connectivity index (χ4v) is 0.714. The second-order valence-electron chi connectivity index (χ2n) is 5.16. The zero-order valence-electron chi connectivity index (χ0n) is 10.9. The molecule has 0 radical (unpaired) electrons. The molecule has 0 heterocycles. The van der Waals surface area contributed by atoms with Crippen LogP contribution in [0.2, 0.25) is 0 Å². The van der Waals surface area contributed by atoms with Crippen LogP contribution in [0.25, 0.3) is 0 Å². The second-order valence-corrected chi connectivity index (χ2v) is 5.16. The molecule has 0 unspecified atom stereocenters. The number of aliphatic hydroxyl groups is 1. The van der Waals surface area contributed by atoms with Crippen molar-refractivity contribution in [2.45, 2.75) is 18.4 Å². The van der Waals surface area contributed by atoms with Crippen molar-refractivity contribution in [3.05, 3.63) is 0 Å². The molecule has 0 saturated heterocycles. The number of nitrogens with zero attached hydrogens (tertiary/aromatic N) is 1. The van der Waals surface area contributed by atoms with Gasteiger partial charge in [-0.15, -0.1) is 0 Å². The van der Waals surface area contributed by atoms with E-state index in [-0.39, 0.29) is 0 Å². The maximum Gasteiger partial charge on any atom is 0.336 e. The van der Waals surface area contributed by atoms with Crippen LogP contribution in [0.4, 0.5) is 0 Å². The summed E-state index contributed by atoms with van der Waals surface area (Å²) in [6.45, 7) is 0. The zero-order valence-corrected chi connectivity index (χ0v) is 10.9. The third kappa shape index (κ3) is 12.4. The van der Waals surface area contributed by atoms with E-state index in [2.05, 4.69) is 28.2 Å². The first kappa shape index (κ1) is 18.7. The van der Waals surface area contributed by atoms with Crippen molar-refractivity contribution in [3.8, 4) is 0 Å². The fraction of sp³-hybridized carbons (Fsp3) is 0.700.